The fraction of sp³-hybridized carbons (Fsp3) is 0.500. The molecule has 6 heteroatoms. The van der Waals surface area contributed by atoms with Crippen molar-refractivity contribution in [2.75, 3.05) is 11.4 Å². The maximum atomic E-state index is 12.5. The monoisotopic (exact) mass is 340 g/mol. The minimum Gasteiger partial charge on any atom is -0.344 e. The smallest absolute Gasteiger partial charge is 0.249 e. The fourth-order valence-corrected chi connectivity index (χ4v) is 3.49. The van der Waals surface area contributed by atoms with E-state index in [2.05, 4.69) is 5.32 Å². The Bertz CT molecular complexity index is 600. The lowest BCUT2D eigenvalue weighted by Gasteiger charge is -2.18. The predicted molar refractivity (Wildman–Crippen MR) is 87.3 cm³/mol. The second-order valence-electron chi connectivity index (χ2n) is 5.92. The summed E-state index contributed by atoms with van der Waals surface area (Å²) in [5, 5.41) is 3.79. The van der Waals surface area contributed by atoms with E-state index in [1.54, 1.807) is 23.1 Å². The molecule has 0 bridgehead atoms. The number of amides is 2. The van der Waals surface area contributed by atoms with Gasteiger partial charge in [0.15, 0.2) is 0 Å². The van der Waals surface area contributed by atoms with Gasteiger partial charge in [0.05, 0.1) is 10.0 Å². The van der Waals surface area contributed by atoms with Crippen molar-refractivity contribution in [3.05, 3.63) is 28.2 Å². The predicted octanol–water partition coefficient (Wildman–Crippen LogP) is 3.41. The molecule has 1 aromatic rings. The number of halogens is 2. The van der Waals surface area contributed by atoms with Gasteiger partial charge in [0.2, 0.25) is 11.8 Å². The zero-order valence-electron chi connectivity index (χ0n) is 12.1. The molecule has 1 heterocycles. The van der Waals surface area contributed by atoms with Crippen LogP contribution in [0.2, 0.25) is 10.0 Å². The lowest BCUT2D eigenvalue weighted by atomic mass is 10.1. The Hall–Kier alpha value is -1.26. The highest BCUT2D eigenvalue weighted by molar-refractivity contribution is 6.42. The van der Waals surface area contributed by atoms with Gasteiger partial charge in [0, 0.05) is 18.2 Å². The first-order valence-corrected chi connectivity index (χ1v) is 8.38. The maximum Gasteiger partial charge on any atom is 0.249 e. The molecule has 0 radical (unpaired) electrons. The summed E-state index contributed by atoms with van der Waals surface area (Å²) in [6, 6.07) is 4.70. The number of rotatable bonds is 3. The number of hydrogen-bond acceptors (Lipinski definition) is 2. The minimum atomic E-state index is -0.428. The molecule has 118 valence electrons. The molecular formula is C16H18Cl2N2O2. The second-order valence-corrected chi connectivity index (χ2v) is 6.73. The Morgan fingerprint density at radius 1 is 1.14 bits per heavy atom. The van der Waals surface area contributed by atoms with Crippen molar-refractivity contribution >= 4 is 40.7 Å². The van der Waals surface area contributed by atoms with Gasteiger partial charge in [-0.2, -0.15) is 0 Å². The molecular weight excluding hydrogens is 323 g/mol. The molecule has 2 amide bonds. The zero-order chi connectivity index (χ0) is 15.7. The van der Waals surface area contributed by atoms with E-state index >= 15 is 0 Å². The van der Waals surface area contributed by atoms with Crippen molar-refractivity contribution in [3.8, 4) is 0 Å². The Morgan fingerprint density at radius 2 is 1.86 bits per heavy atom. The summed E-state index contributed by atoms with van der Waals surface area (Å²) in [5.41, 5.74) is 0.719. The normalized spacial score (nSPS) is 22.4. The Kier molecular flexibility index (Phi) is 4.59. The van der Waals surface area contributed by atoms with E-state index in [1.165, 1.54) is 0 Å². The van der Waals surface area contributed by atoms with Crippen LogP contribution in [0.25, 0.3) is 0 Å². The molecule has 1 saturated heterocycles. The average molecular weight is 341 g/mol. The van der Waals surface area contributed by atoms with E-state index in [0.29, 0.717) is 23.0 Å². The van der Waals surface area contributed by atoms with Gasteiger partial charge in [-0.15, -0.1) is 0 Å². The van der Waals surface area contributed by atoms with Crippen LogP contribution in [0.1, 0.15) is 32.1 Å². The SMILES string of the molecule is O=C(N[C@H]1CCN(c2ccc(Cl)c(Cl)c2)C1=O)C1CCCC1. The third-order valence-electron chi connectivity index (χ3n) is 4.46. The van der Waals surface area contributed by atoms with Crippen molar-refractivity contribution in [3.63, 3.8) is 0 Å². The number of anilines is 1. The Balaban J connectivity index is 1.66. The third kappa shape index (κ3) is 3.08. The maximum absolute atomic E-state index is 12.5. The van der Waals surface area contributed by atoms with Crippen LogP contribution < -0.4 is 10.2 Å². The van der Waals surface area contributed by atoms with Gasteiger partial charge in [-0.1, -0.05) is 36.0 Å². The van der Waals surface area contributed by atoms with E-state index in [4.69, 9.17) is 23.2 Å². The Labute approximate surface area is 139 Å². The van der Waals surface area contributed by atoms with Crippen LogP contribution in [0.5, 0.6) is 0 Å². The lowest BCUT2D eigenvalue weighted by molar-refractivity contribution is -0.129. The molecule has 0 unspecified atom stereocenters. The number of carbonyl (C=O) groups excluding carboxylic acids is 2. The van der Waals surface area contributed by atoms with Crippen molar-refractivity contribution in [2.24, 2.45) is 5.92 Å². The van der Waals surface area contributed by atoms with E-state index < -0.39 is 6.04 Å². The number of nitrogens with one attached hydrogen (secondary N) is 1. The minimum absolute atomic E-state index is 0.0202. The molecule has 0 aromatic heterocycles. The third-order valence-corrected chi connectivity index (χ3v) is 5.20. The van der Waals surface area contributed by atoms with Gasteiger partial charge in [-0.3, -0.25) is 9.59 Å². The van der Waals surface area contributed by atoms with Gasteiger partial charge in [-0.05, 0) is 37.5 Å². The largest absolute Gasteiger partial charge is 0.344 e. The van der Waals surface area contributed by atoms with Crippen molar-refractivity contribution in [1.82, 2.24) is 5.32 Å². The van der Waals surface area contributed by atoms with Gasteiger partial charge < -0.3 is 10.2 Å². The van der Waals surface area contributed by atoms with Crippen LogP contribution in [0.15, 0.2) is 18.2 Å². The van der Waals surface area contributed by atoms with Crippen LogP contribution in [-0.4, -0.2) is 24.4 Å². The summed E-state index contributed by atoms with van der Waals surface area (Å²) in [5.74, 6) is 0.0170. The molecule has 4 nitrogen and oxygen atoms in total. The summed E-state index contributed by atoms with van der Waals surface area (Å²) >= 11 is 11.9. The molecule has 2 fully saturated rings. The highest BCUT2D eigenvalue weighted by atomic mass is 35.5. The van der Waals surface area contributed by atoms with Gasteiger partial charge in [0.1, 0.15) is 6.04 Å². The molecule has 2 aliphatic rings. The zero-order valence-corrected chi connectivity index (χ0v) is 13.7. The summed E-state index contributed by atoms with van der Waals surface area (Å²) in [4.78, 5) is 26.3. The van der Waals surface area contributed by atoms with Gasteiger partial charge in [-0.25, -0.2) is 0 Å². The first-order valence-electron chi connectivity index (χ1n) is 7.63. The van der Waals surface area contributed by atoms with Crippen LogP contribution in [-0.2, 0) is 9.59 Å². The van der Waals surface area contributed by atoms with Gasteiger partial charge >= 0.3 is 0 Å². The molecule has 1 atom stereocenters. The molecule has 1 saturated carbocycles. The lowest BCUT2D eigenvalue weighted by Crippen LogP contribution is -2.43. The van der Waals surface area contributed by atoms with Crippen LogP contribution in [0, 0.1) is 5.92 Å². The number of carbonyl (C=O) groups is 2. The first kappa shape index (κ1) is 15.6. The van der Waals surface area contributed by atoms with E-state index in [1.807, 2.05) is 0 Å². The number of nitrogens with zero attached hydrogens (tertiary/aromatic N) is 1. The number of hydrogen-bond donors (Lipinski definition) is 1. The molecule has 22 heavy (non-hydrogen) atoms. The average Bonchev–Trinajstić information content (AvgIpc) is 3.13. The molecule has 0 spiro atoms. The summed E-state index contributed by atoms with van der Waals surface area (Å²) < 4.78 is 0. The summed E-state index contributed by atoms with van der Waals surface area (Å²) in [6.07, 6.45) is 4.70. The molecule has 1 N–H and O–H groups in total. The Morgan fingerprint density at radius 3 is 2.55 bits per heavy atom. The molecule has 1 aliphatic carbocycles. The van der Waals surface area contributed by atoms with E-state index in [-0.39, 0.29) is 17.7 Å². The summed E-state index contributed by atoms with van der Waals surface area (Å²) in [7, 11) is 0. The highest BCUT2D eigenvalue weighted by Crippen LogP contribution is 2.30. The highest BCUT2D eigenvalue weighted by Gasteiger charge is 2.35. The number of benzene rings is 1. The quantitative estimate of drug-likeness (QED) is 0.916. The molecule has 1 aromatic carbocycles. The van der Waals surface area contributed by atoms with Crippen LogP contribution >= 0.6 is 23.2 Å². The van der Waals surface area contributed by atoms with Crippen molar-refractivity contribution in [1.29, 1.82) is 0 Å². The molecule has 1 aliphatic heterocycles. The van der Waals surface area contributed by atoms with E-state index in [9.17, 15) is 9.59 Å². The van der Waals surface area contributed by atoms with Crippen LogP contribution in [0.3, 0.4) is 0 Å². The second kappa shape index (κ2) is 6.47. The topological polar surface area (TPSA) is 49.4 Å². The van der Waals surface area contributed by atoms with Gasteiger partial charge in [0.25, 0.3) is 0 Å². The molecule has 3 rings (SSSR count). The summed E-state index contributed by atoms with van der Waals surface area (Å²) in [6.45, 7) is 0.576. The standard InChI is InChI=1S/C16H18Cl2N2O2/c17-12-6-5-11(9-13(12)18)20-8-7-14(16(20)22)19-15(21)10-3-1-2-4-10/h5-6,9-10,14H,1-4,7-8H2,(H,19,21)/t14-/m0/s1. The van der Waals surface area contributed by atoms with Crippen molar-refractivity contribution in [2.45, 2.75) is 38.1 Å². The van der Waals surface area contributed by atoms with Crippen LogP contribution in [0.4, 0.5) is 5.69 Å². The van der Waals surface area contributed by atoms with Crippen molar-refractivity contribution < 1.29 is 9.59 Å². The first-order chi connectivity index (χ1) is 10.6. The van der Waals surface area contributed by atoms with E-state index in [0.717, 1.165) is 31.4 Å². The fourth-order valence-electron chi connectivity index (χ4n) is 3.20.